The van der Waals surface area contributed by atoms with E-state index in [1.165, 1.54) is 12.1 Å². The lowest BCUT2D eigenvalue weighted by Gasteiger charge is -2.24. The smallest absolute Gasteiger partial charge is 0.335 e. The molecule has 3 aromatic rings. The summed E-state index contributed by atoms with van der Waals surface area (Å²) >= 11 is 0. The number of fused-ring (bicyclic) bond motifs is 4. The number of aromatic nitrogens is 1. The number of carbonyl (C=O) groups is 1. The van der Waals surface area contributed by atoms with Crippen molar-refractivity contribution in [2.45, 2.75) is 13.0 Å². The lowest BCUT2D eigenvalue weighted by atomic mass is 9.92. The van der Waals surface area contributed by atoms with Gasteiger partial charge in [0.2, 0.25) is 6.79 Å². The van der Waals surface area contributed by atoms with Gasteiger partial charge in [0.05, 0.1) is 11.3 Å². The van der Waals surface area contributed by atoms with Gasteiger partial charge in [-0.15, -0.1) is 0 Å². The minimum atomic E-state index is -1.01. The van der Waals surface area contributed by atoms with Gasteiger partial charge < -0.3 is 19.1 Å². The van der Waals surface area contributed by atoms with E-state index in [1.54, 1.807) is 12.1 Å². The standard InChI is InChI=1S/C22H15N3O4/c23-10-17-15(12-1-3-13(4-2-12)22(26)27)8-18-16-9-20-19(28-11-29-20)7-14(16)5-6-25(18)21(17)24/h1-4,7-9,24H,5-6,11H2,(H,26,27). The van der Waals surface area contributed by atoms with Crippen LogP contribution in [0.5, 0.6) is 11.5 Å². The Kier molecular flexibility index (Phi) is 3.68. The van der Waals surface area contributed by atoms with Gasteiger partial charge in [-0.2, -0.15) is 5.26 Å². The number of aromatic carboxylic acids is 1. The summed E-state index contributed by atoms with van der Waals surface area (Å²) in [4.78, 5) is 11.1. The van der Waals surface area contributed by atoms with Crippen LogP contribution in [0.25, 0.3) is 22.4 Å². The number of carboxylic acid groups (broad SMARTS) is 1. The average Bonchev–Trinajstić information content (AvgIpc) is 3.19. The molecule has 2 aliphatic rings. The van der Waals surface area contributed by atoms with Gasteiger partial charge >= 0.3 is 5.97 Å². The molecule has 5 rings (SSSR count). The van der Waals surface area contributed by atoms with Crippen molar-refractivity contribution in [3.05, 3.63) is 64.6 Å². The Balaban J connectivity index is 1.74. The van der Waals surface area contributed by atoms with E-state index in [-0.39, 0.29) is 23.4 Å². The molecule has 7 nitrogen and oxygen atoms in total. The third kappa shape index (κ3) is 2.57. The van der Waals surface area contributed by atoms with Crippen LogP contribution in [0.2, 0.25) is 0 Å². The summed E-state index contributed by atoms with van der Waals surface area (Å²) < 4.78 is 12.8. The van der Waals surface area contributed by atoms with E-state index in [2.05, 4.69) is 6.07 Å². The zero-order valence-corrected chi connectivity index (χ0v) is 15.2. The molecular formula is C22H15N3O4. The molecule has 29 heavy (non-hydrogen) atoms. The van der Waals surface area contributed by atoms with Crippen molar-refractivity contribution >= 4 is 5.97 Å². The van der Waals surface area contributed by atoms with E-state index in [1.807, 2.05) is 22.8 Å². The third-order valence-electron chi connectivity index (χ3n) is 5.38. The van der Waals surface area contributed by atoms with Crippen LogP contribution in [0.15, 0.2) is 42.5 Å². The second kappa shape index (κ2) is 6.24. The van der Waals surface area contributed by atoms with Crippen molar-refractivity contribution in [1.82, 2.24) is 4.57 Å². The topological polar surface area (TPSA) is 108 Å². The number of carboxylic acids is 1. The molecule has 0 fully saturated rings. The number of benzene rings is 2. The summed E-state index contributed by atoms with van der Waals surface area (Å²) in [6, 6.07) is 14.3. The maximum Gasteiger partial charge on any atom is 0.335 e. The van der Waals surface area contributed by atoms with E-state index in [4.69, 9.17) is 20.0 Å². The minimum absolute atomic E-state index is 0.144. The largest absolute Gasteiger partial charge is 0.478 e. The summed E-state index contributed by atoms with van der Waals surface area (Å²) in [5.41, 5.74) is 4.75. The molecule has 1 aromatic heterocycles. The van der Waals surface area contributed by atoms with Crippen LogP contribution in [0.3, 0.4) is 0 Å². The minimum Gasteiger partial charge on any atom is -0.478 e. The van der Waals surface area contributed by atoms with Crippen LogP contribution in [0.1, 0.15) is 21.5 Å². The summed E-state index contributed by atoms with van der Waals surface area (Å²) in [5, 5.41) is 27.5. The molecule has 2 aromatic carbocycles. The molecule has 0 aliphatic carbocycles. The fourth-order valence-electron chi connectivity index (χ4n) is 3.92. The van der Waals surface area contributed by atoms with E-state index < -0.39 is 5.97 Å². The normalized spacial score (nSPS) is 13.3. The zero-order chi connectivity index (χ0) is 20.1. The third-order valence-corrected chi connectivity index (χ3v) is 5.38. The summed E-state index contributed by atoms with van der Waals surface area (Å²) in [5.74, 6) is 0.381. The first-order chi connectivity index (χ1) is 14.1. The second-order valence-electron chi connectivity index (χ2n) is 6.93. The molecule has 0 spiro atoms. The molecule has 0 atom stereocenters. The predicted octanol–water partition coefficient (Wildman–Crippen LogP) is 3.16. The van der Waals surface area contributed by atoms with Crippen LogP contribution in [-0.2, 0) is 13.0 Å². The Morgan fingerprint density at radius 2 is 1.83 bits per heavy atom. The number of ether oxygens (including phenoxy) is 2. The van der Waals surface area contributed by atoms with Crippen LogP contribution in [0, 0.1) is 16.7 Å². The van der Waals surface area contributed by atoms with Crippen LogP contribution >= 0.6 is 0 Å². The number of nitrogens with zero attached hydrogens (tertiary/aromatic N) is 2. The lowest BCUT2D eigenvalue weighted by Crippen LogP contribution is -2.28. The number of rotatable bonds is 2. The highest BCUT2D eigenvalue weighted by molar-refractivity contribution is 5.88. The Labute approximate surface area is 165 Å². The fourth-order valence-corrected chi connectivity index (χ4v) is 3.92. The Hall–Kier alpha value is -4.05. The van der Waals surface area contributed by atoms with Gasteiger partial charge in [-0.3, -0.25) is 5.41 Å². The molecule has 0 saturated carbocycles. The maximum atomic E-state index is 11.1. The molecule has 0 saturated heterocycles. The molecule has 0 amide bonds. The number of pyridine rings is 1. The fraction of sp³-hybridized carbons (Fsp3) is 0.136. The summed E-state index contributed by atoms with van der Waals surface area (Å²) in [6.07, 6.45) is 0.729. The van der Waals surface area contributed by atoms with E-state index in [0.717, 1.165) is 29.0 Å². The highest BCUT2D eigenvalue weighted by Crippen LogP contribution is 2.41. The summed E-state index contributed by atoms with van der Waals surface area (Å²) in [7, 11) is 0. The van der Waals surface area contributed by atoms with Crippen molar-refractivity contribution in [2.24, 2.45) is 0 Å². The lowest BCUT2D eigenvalue weighted by molar-refractivity contribution is 0.0697. The maximum absolute atomic E-state index is 11.1. The molecule has 2 aliphatic heterocycles. The van der Waals surface area contributed by atoms with Crippen LogP contribution in [0.4, 0.5) is 0 Å². The Bertz CT molecular complexity index is 1280. The van der Waals surface area contributed by atoms with Crippen molar-refractivity contribution in [3.63, 3.8) is 0 Å². The SMILES string of the molecule is N#Cc1c(-c2ccc(C(=O)O)cc2)cc2n(c1=N)CCc1cc3c(cc1-2)OCO3. The van der Waals surface area contributed by atoms with Gasteiger partial charge in [-0.25, -0.2) is 4.79 Å². The van der Waals surface area contributed by atoms with Crippen LogP contribution < -0.4 is 15.0 Å². The van der Waals surface area contributed by atoms with Gasteiger partial charge in [0.25, 0.3) is 0 Å². The quantitative estimate of drug-likeness (QED) is 0.704. The van der Waals surface area contributed by atoms with Crippen LogP contribution in [-0.4, -0.2) is 22.4 Å². The zero-order valence-electron chi connectivity index (χ0n) is 15.2. The van der Waals surface area contributed by atoms with Gasteiger partial charge in [0.1, 0.15) is 17.1 Å². The average molecular weight is 385 g/mol. The monoisotopic (exact) mass is 385 g/mol. The van der Waals surface area contributed by atoms with Gasteiger partial charge in [0, 0.05) is 17.7 Å². The highest BCUT2D eigenvalue weighted by atomic mass is 16.7. The highest BCUT2D eigenvalue weighted by Gasteiger charge is 2.24. The molecule has 0 unspecified atom stereocenters. The number of hydrogen-bond donors (Lipinski definition) is 2. The first-order valence-corrected chi connectivity index (χ1v) is 9.06. The van der Waals surface area contributed by atoms with E-state index in [0.29, 0.717) is 23.4 Å². The molecule has 2 N–H and O–H groups in total. The van der Waals surface area contributed by atoms with E-state index in [9.17, 15) is 10.1 Å². The predicted molar refractivity (Wildman–Crippen MR) is 103 cm³/mol. The van der Waals surface area contributed by atoms with Crippen molar-refractivity contribution in [1.29, 1.82) is 10.7 Å². The molecular weight excluding hydrogens is 370 g/mol. The Morgan fingerprint density at radius 3 is 2.52 bits per heavy atom. The second-order valence-corrected chi connectivity index (χ2v) is 6.93. The number of nitriles is 1. The molecule has 3 heterocycles. The first kappa shape index (κ1) is 17.1. The van der Waals surface area contributed by atoms with Gasteiger partial charge in [-0.05, 0) is 47.9 Å². The van der Waals surface area contributed by atoms with Gasteiger partial charge in [0.15, 0.2) is 11.5 Å². The number of hydrogen-bond acceptors (Lipinski definition) is 5. The number of nitrogens with one attached hydrogen (secondary N) is 1. The molecule has 0 radical (unpaired) electrons. The van der Waals surface area contributed by atoms with Crippen molar-refractivity contribution in [3.8, 4) is 40.0 Å². The Morgan fingerprint density at radius 1 is 1.10 bits per heavy atom. The molecule has 142 valence electrons. The van der Waals surface area contributed by atoms with Crippen molar-refractivity contribution in [2.75, 3.05) is 6.79 Å². The van der Waals surface area contributed by atoms with Crippen molar-refractivity contribution < 1.29 is 19.4 Å². The van der Waals surface area contributed by atoms with E-state index >= 15 is 0 Å². The summed E-state index contributed by atoms with van der Waals surface area (Å²) in [6.45, 7) is 0.782. The first-order valence-electron chi connectivity index (χ1n) is 9.06. The van der Waals surface area contributed by atoms with Gasteiger partial charge in [-0.1, -0.05) is 12.1 Å². The number of aryl methyl sites for hydroxylation is 1. The molecule has 0 bridgehead atoms. The molecule has 7 heteroatoms.